The van der Waals surface area contributed by atoms with Crippen molar-refractivity contribution in [1.29, 1.82) is 0 Å². The highest BCUT2D eigenvalue weighted by atomic mass is 32.1. The number of rotatable bonds is 9. The van der Waals surface area contributed by atoms with Crippen molar-refractivity contribution in [3.05, 3.63) is 64.9 Å². The van der Waals surface area contributed by atoms with E-state index in [1.165, 1.54) is 12.1 Å². The molecule has 3 aromatic rings. The Morgan fingerprint density at radius 2 is 2.11 bits per heavy atom. The molecule has 1 N–H and O–H groups in total. The molecule has 2 heterocycles. The van der Waals surface area contributed by atoms with Gasteiger partial charge in [-0.25, -0.2) is 4.39 Å². The van der Waals surface area contributed by atoms with Gasteiger partial charge in [0.15, 0.2) is 0 Å². The Labute approximate surface area is 161 Å². The van der Waals surface area contributed by atoms with Crippen molar-refractivity contribution in [1.82, 2.24) is 15.1 Å². The quantitative estimate of drug-likeness (QED) is 0.566. The van der Waals surface area contributed by atoms with Crippen molar-refractivity contribution in [2.45, 2.75) is 19.9 Å². The molecule has 0 saturated carbocycles. The van der Waals surface area contributed by atoms with Gasteiger partial charge in [0, 0.05) is 19.8 Å². The molecule has 3 rings (SSSR count). The molecule has 5 nitrogen and oxygen atoms in total. The molecule has 0 unspecified atom stereocenters. The molecule has 0 saturated heterocycles. The van der Waals surface area contributed by atoms with Gasteiger partial charge in [-0.1, -0.05) is 18.2 Å². The summed E-state index contributed by atoms with van der Waals surface area (Å²) in [5.74, 6) is -0.463. The average Bonchev–Trinajstić information content (AvgIpc) is 3.33. The number of ether oxygens (including phenoxy) is 1. The van der Waals surface area contributed by atoms with Crippen molar-refractivity contribution < 1.29 is 13.9 Å². The number of thiophene rings is 1. The highest BCUT2D eigenvalue weighted by Crippen LogP contribution is 2.24. The fourth-order valence-electron chi connectivity index (χ4n) is 2.64. The first kappa shape index (κ1) is 19.3. The lowest BCUT2D eigenvalue weighted by Crippen LogP contribution is -2.28. The van der Waals surface area contributed by atoms with Crippen molar-refractivity contribution in [3.8, 4) is 10.6 Å². The number of aromatic nitrogens is 2. The van der Waals surface area contributed by atoms with E-state index in [0.29, 0.717) is 32.0 Å². The van der Waals surface area contributed by atoms with E-state index in [2.05, 4.69) is 10.4 Å². The maximum atomic E-state index is 13.2. The summed E-state index contributed by atoms with van der Waals surface area (Å²) >= 11 is 1.57. The Balaban J connectivity index is 1.77. The summed E-state index contributed by atoms with van der Waals surface area (Å²) in [5.41, 5.74) is 2.12. The minimum atomic E-state index is -0.286. The van der Waals surface area contributed by atoms with E-state index in [1.54, 1.807) is 34.2 Å². The first-order valence-corrected chi connectivity index (χ1v) is 9.77. The molecule has 0 aliphatic rings. The standard InChI is InChI=1S/C20H22FN3O2S/c1-2-26-11-4-10-22-20(25)18-13-17(19-5-3-12-27-19)23-24(18)14-15-6-8-16(21)9-7-15/h3,5-9,12-13H,2,4,10-11,14H2,1H3,(H,22,25). The van der Waals surface area contributed by atoms with Crippen molar-refractivity contribution in [2.24, 2.45) is 0 Å². The Morgan fingerprint density at radius 1 is 1.30 bits per heavy atom. The predicted octanol–water partition coefficient (Wildman–Crippen LogP) is 3.96. The lowest BCUT2D eigenvalue weighted by atomic mass is 10.2. The number of nitrogens with zero attached hydrogens (tertiary/aromatic N) is 2. The second kappa shape index (κ2) is 9.43. The van der Waals surface area contributed by atoms with Gasteiger partial charge in [0.2, 0.25) is 0 Å². The molecule has 27 heavy (non-hydrogen) atoms. The summed E-state index contributed by atoms with van der Waals surface area (Å²) in [6.45, 7) is 4.16. The van der Waals surface area contributed by atoms with Crippen LogP contribution in [0, 0.1) is 5.82 Å². The molecule has 0 spiro atoms. The maximum Gasteiger partial charge on any atom is 0.269 e. The van der Waals surface area contributed by atoms with E-state index in [-0.39, 0.29) is 11.7 Å². The molecule has 0 fully saturated rings. The first-order valence-electron chi connectivity index (χ1n) is 8.89. The summed E-state index contributed by atoms with van der Waals surface area (Å²) in [6, 6.07) is 11.9. The summed E-state index contributed by atoms with van der Waals surface area (Å²) in [6.07, 6.45) is 0.753. The van der Waals surface area contributed by atoms with Crippen LogP contribution in [0.5, 0.6) is 0 Å². The van der Waals surface area contributed by atoms with E-state index >= 15 is 0 Å². The molecule has 0 atom stereocenters. The number of hydrogen-bond acceptors (Lipinski definition) is 4. The summed E-state index contributed by atoms with van der Waals surface area (Å²) in [4.78, 5) is 13.7. The normalized spacial score (nSPS) is 10.9. The highest BCUT2D eigenvalue weighted by molar-refractivity contribution is 7.13. The Morgan fingerprint density at radius 3 is 2.81 bits per heavy atom. The van der Waals surface area contributed by atoms with E-state index in [4.69, 9.17) is 4.74 Å². The van der Waals surface area contributed by atoms with Gasteiger partial charge in [0.1, 0.15) is 17.2 Å². The third-order valence-electron chi connectivity index (χ3n) is 3.99. The predicted molar refractivity (Wildman–Crippen MR) is 104 cm³/mol. The van der Waals surface area contributed by atoms with E-state index in [9.17, 15) is 9.18 Å². The topological polar surface area (TPSA) is 56.1 Å². The minimum Gasteiger partial charge on any atom is -0.382 e. The van der Waals surface area contributed by atoms with Crippen LogP contribution < -0.4 is 5.32 Å². The lowest BCUT2D eigenvalue weighted by molar-refractivity contribution is 0.0934. The van der Waals surface area contributed by atoms with E-state index in [0.717, 1.165) is 22.6 Å². The Bertz CT molecular complexity index is 860. The zero-order chi connectivity index (χ0) is 19.1. The van der Waals surface area contributed by atoms with Gasteiger partial charge in [-0.3, -0.25) is 9.48 Å². The van der Waals surface area contributed by atoms with Crippen LogP contribution in [0.4, 0.5) is 4.39 Å². The molecular formula is C20H22FN3O2S. The Kier molecular flexibility index (Phi) is 6.73. The van der Waals surface area contributed by atoms with Crippen LogP contribution in [-0.4, -0.2) is 35.4 Å². The van der Waals surface area contributed by atoms with Crippen molar-refractivity contribution in [2.75, 3.05) is 19.8 Å². The number of halogens is 1. The molecule has 1 aromatic carbocycles. The fourth-order valence-corrected chi connectivity index (χ4v) is 3.32. The second-order valence-corrected chi connectivity index (χ2v) is 6.93. The van der Waals surface area contributed by atoms with Crippen LogP contribution in [0.3, 0.4) is 0 Å². The van der Waals surface area contributed by atoms with Crippen molar-refractivity contribution >= 4 is 17.2 Å². The zero-order valence-electron chi connectivity index (χ0n) is 15.2. The SMILES string of the molecule is CCOCCCNC(=O)c1cc(-c2cccs2)nn1Cc1ccc(F)cc1. The summed E-state index contributed by atoms with van der Waals surface area (Å²) < 4.78 is 20.1. The van der Waals surface area contributed by atoms with Gasteiger partial charge in [0.25, 0.3) is 5.91 Å². The van der Waals surface area contributed by atoms with Gasteiger partial charge >= 0.3 is 0 Å². The maximum absolute atomic E-state index is 13.2. The molecule has 7 heteroatoms. The average molecular weight is 387 g/mol. The van der Waals surface area contributed by atoms with E-state index < -0.39 is 0 Å². The van der Waals surface area contributed by atoms with E-state index in [1.807, 2.05) is 24.4 Å². The van der Waals surface area contributed by atoms with Crippen LogP contribution in [-0.2, 0) is 11.3 Å². The molecule has 142 valence electrons. The van der Waals surface area contributed by atoms with Crippen molar-refractivity contribution in [3.63, 3.8) is 0 Å². The van der Waals surface area contributed by atoms with Crippen LogP contribution >= 0.6 is 11.3 Å². The molecular weight excluding hydrogens is 365 g/mol. The number of carbonyl (C=O) groups is 1. The van der Waals surface area contributed by atoms with Crippen LogP contribution in [0.2, 0.25) is 0 Å². The largest absolute Gasteiger partial charge is 0.382 e. The smallest absolute Gasteiger partial charge is 0.269 e. The first-order chi connectivity index (χ1) is 13.2. The third-order valence-corrected chi connectivity index (χ3v) is 4.88. The molecule has 0 aliphatic carbocycles. The number of nitrogens with one attached hydrogen (secondary N) is 1. The van der Waals surface area contributed by atoms with Gasteiger partial charge < -0.3 is 10.1 Å². The molecule has 0 radical (unpaired) electrons. The highest BCUT2D eigenvalue weighted by Gasteiger charge is 2.17. The second-order valence-electron chi connectivity index (χ2n) is 5.98. The van der Waals surface area contributed by atoms with Crippen LogP contribution in [0.25, 0.3) is 10.6 Å². The van der Waals surface area contributed by atoms with Crippen LogP contribution in [0.1, 0.15) is 29.4 Å². The Hall–Kier alpha value is -2.51. The van der Waals surface area contributed by atoms with Gasteiger partial charge in [-0.05, 0) is 48.6 Å². The summed E-state index contributed by atoms with van der Waals surface area (Å²) in [5, 5.41) is 9.49. The number of amides is 1. The third kappa shape index (κ3) is 5.24. The molecule has 1 amide bonds. The van der Waals surface area contributed by atoms with Crippen LogP contribution in [0.15, 0.2) is 47.8 Å². The van der Waals surface area contributed by atoms with Gasteiger partial charge in [-0.2, -0.15) is 5.10 Å². The summed E-state index contributed by atoms with van der Waals surface area (Å²) in [7, 11) is 0. The minimum absolute atomic E-state index is 0.177. The van der Waals surface area contributed by atoms with Gasteiger partial charge in [-0.15, -0.1) is 11.3 Å². The fraction of sp³-hybridized carbons (Fsp3) is 0.300. The number of hydrogen-bond donors (Lipinski definition) is 1. The number of carbonyl (C=O) groups excluding carboxylic acids is 1. The van der Waals surface area contributed by atoms with Gasteiger partial charge in [0.05, 0.1) is 11.4 Å². The molecule has 0 bridgehead atoms. The number of benzene rings is 1. The monoisotopic (exact) mass is 387 g/mol. The zero-order valence-corrected chi connectivity index (χ0v) is 16.0. The molecule has 0 aliphatic heterocycles. The lowest BCUT2D eigenvalue weighted by Gasteiger charge is -2.08. The molecule has 2 aromatic heterocycles.